The summed E-state index contributed by atoms with van der Waals surface area (Å²) in [6, 6.07) is 17.3. The van der Waals surface area contributed by atoms with Crippen LogP contribution in [0.5, 0.6) is 5.75 Å². The normalized spacial score (nSPS) is 15.0. The highest BCUT2D eigenvalue weighted by Gasteiger charge is 2.36. The first-order valence-corrected chi connectivity index (χ1v) is 9.11. The van der Waals surface area contributed by atoms with Gasteiger partial charge in [0.2, 0.25) is 5.91 Å². The molecule has 1 fully saturated rings. The number of amides is 1. The van der Waals surface area contributed by atoms with Gasteiger partial charge in [0, 0.05) is 5.69 Å². The summed E-state index contributed by atoms with van der Waals surface area (Å²) in [6.07, 6.45) is 3.54. The van der Waals surface area contributed by atoms with Crippen molar-refractivity contribution in [1.29, 1.82) is 0 Å². The van der Waals surface area contributed by atoms with Crippen molar-refractivity contribution in [3.8, 4) is 5.75 Å². The van der Waals surface area contributed by atoms with Crippen LogP contribution in [0.1, 0.15) is 31.2 Å². The van der Waals surface area contributed by atoms with E-state index >= 15 is 0 Å². The van der Waals surface area contributed by atoms with Crippen LogP contribution in [0.3, 0.4) is 0 Å². The molecule has 1 aliphatic carbocycles. The van der Waals surface area contributed by atoms with E-state index in [-0.39, 0.29) is 18.3 Å². The number of carbonyl (C=O) groups excluding carboxylic acids is 1. The Morgan fingerprint density at radius 1 is 1.04 bits per heavy atom. The molecule has 0 saturated heterocycles. The van der Waals surface area contributed by atoms with Gasteiger partial charge in [-0.3, -0.25) is 4.79 Å². The molecule has 2 aromatic carbocycles. The van der Waals surface area contributed by atoms with Gasteiger partial charge in [-0.2, -0.15) is 0 Å². The Labute approximate surface area is 166 Å². The lowest BCUT2D eigenvalue weighted by atomic mass is 9.98. The first-order chi connectivity index (χ1) is 12.7. The quantitative estimate of drug-likeness (QED) is 0.670. The highest BCUT2D eigenvalue weighted by atomic mass is 35.5. The second-order valence-corrected chi connectivity index (χ2v) is 6.73. The molecular formula is C21H27ClN2O3. The molecule has 27 heavy (non-hydrogen) atoms. The molecule has 3 rings (SSSR count). The van der Waals surface area contributed by atoms with E-state index < -0.39 is 5.54 Å². The molecule has 0 heterocycles. The first-order valence-electron chi connectivity index (χ1n) is 9.11. The minimum Gasteiger partial charge on any atom is -0.491 e. The number of ether oxygens (including phenoxy) is 2. The summed E-state index contributed by atoms with van der Waals surface area (Å²) in [5.74, 6) is 0.743. The fraction of sp³-hybridized carbons (Fsp3) is 0.381. The maximum atomic E-state index is 12.4. The number of anilines is 1. The number of para-hydroxylation sites is 1. The number of carbonyl (C=O) groups is 1. The maximum Gasteiger partial charge on any atom is 0.244 e. The van der Waals surface area contributed by atoms with Crippen LogP contribution < -0.4 is 15.8 Å². The van der Waals surface area contributed by atoms with Gasteiger partial charge in [0.25, 0.3) is 0 Å². The Kier molecular flexibility index (Phi) is 8.10. The van der Waals surface area contributed by atoms with Crippen molar-refractivity contribution < 1.29 is 14.3 Å². The van der Waals surface area contributed by atoms with Crippen LogP contribution in [-0.2, 0) is 16.1 Å². The zero-order valence-corrected chi connectivity index (χ0v) is 16.2. The van der Waals surface area contributed by atoms with E-state index in [1.54, 1.807) is 0 Å². The summed E-state index contributed by atoms with van der Waals surface area (Å²) < 4.78 is 11.3. The lowest BCUT2D eigenvalue weighted by Crippen LogP contribution is -2.48. The summed E-state index contributed by atoms with van der Waals surface area (Å²) in [6.45, 7) is 1.46. The van der Waals surface area contributed by atoms with Crippen LogP contribution in [0.25, 0.3) is 0 Å². The molecule has 0 atom stereocenters. The van der Waals surface area contributed by atoms with Gasteiger partial charge < -0.3 is 20.5 Å². The number of halogens is 1. The van der Waals surface area contributed by atoms with Crippen LogP contribution in [0.15, 0.2) is 54.6 Å². The van der Waals surface area contributed by atoms with E-state index in [1.165, 1.54) is 0 Å². The van der Waals surface area contributed by atoms with E-state index in [2.05, 4.69) is 5.32 Å². The Bertz CT molecular complexity index is 718. The standard InChI is InChI=1S/C21H26N2O3.ClH/c22-21(11-4-5-12-21)20(24)23-18-8-6-7-17(15-18)16-25-13-14-26-19-9-2-1-3-10-19;/h1-3,6-10,15H,4-5,11-14,16,22H2,(H,23,24);1H. The third-order valence-corrected chi connectivity index (χ3v) is 4.64. The molecule has 1 aliphatic rings. The number of hydrogen-bond donors (Lipinski definition) is 2. The van der Waals surface area contributed by atoms with Crippen molar-refractivity contribution in [2.75, 3.05) is 18.5 Å². The van der Waals surface area contributed by atoms with E-state index in [0.717, 1.165) is 42.7 Å². The van der Waals surface area contributed by atoms with Crippen LogP contribution in [0, 0.1) is 0 Å². The number of rotatable bonds is 8. The van der Waals surface area contributed by atoms with E-state index in [1.807, 2.05) is 54.6 Å². The van der Waals surface area contributed by atoms with Gasteiger partial charge in [-0.15, -0.1) is 12.4 Å². The average Bonchev–Trinajstić information content (AvgIpc) is 3.11. The molecule has 0 unspecified atom stereocenters. The van der Waals surface area contributed by atoms with Crippen molar-refractivity contribution in [2.24, 2.45) is 5.73 Å². The lowest BCUT2D eigenvalue weighted by Gasteiger charge is -2.22. The van der Waals surface area contributed by atoms with Crippen molar-refractivity contribution >= 4 is 24.0 Å². The Morgan fingerprint density at radius 3 is 2.52 bits per heavy atom. The van der Waals surface area contributed by atoms with Gasteiger partial charge >= 0.3 is 0 Å². The van der Waals surface area contributed by atoms with Crippen LogP contribution >= 0.6 is 12.4 Å². The van der Waals surface area contributed by atoms with E-state index in [0.29, 0.717) is 19.8 Å². The average molecular weight is 391 g/mol. The third kappa shape index (κ3) is 6.24. The van der Waals surface area contributed by atoms with Crippen molar-refractivity contribution in [3.63, 3.8) is 0 Å². The molecule has 0 radical (unpaired) electrons. The molecule has 0 spiro atoms. The molecule has 0 aliphatic heterocycles. The molecular weight excluding hydrogens is 364 g/mol. The molecule has 0 aromatic heterocycles. The summed E-state index contributed by atoms with van der Waals surface area (Å²) in [5.41, 5.74) is 7.24. The minimum atomic E-state index is -0.721. The highest BCUT2D eigenvalue weighted by Crippen LogP contribution is 2.28. The van der Waals surface area contributed by atoms with Gasteiger partial charge in [0.15, 0.2) is 0 Å². The molecule has 5 nitrogen and oxygen atoms in total. The van der Waals surface area contributed by atoms with E-state index in [4.69, 9.17) is 15.2 Å². The Morgan fingerprint density at radius 2 is 1.78 bits per heavy atom. The zero-order chi connectivity index (χ0) is 18.2. The fourth-order valence-electron chi connectivity index (χ4n) is 3.15. The second kappa shape index (κ2) is 10.3. The van der Waals surface area contributed by atoms with Crippen LogP contribution in [0.2, 0.25) is 0 Å². The summed E-state index contributed by atoms with van der Waals surface area (Å²) in [7, 11) is 0. The predicted molar refractivity (Wildman–Crippen MR) is 109 cm³/mol. The van der Waals surface area contributed by atoms with E-state index in [9.17, 15) is 4.79 Å². The second-order valence-electron chi connectivity index (χ2n) is 6.73. The van der Waals surface area contributed by atoms with Crippen molar-refractivity contribution in [1.82, 2.24) is 0 Å². The number of hydrogen-bond acceptors (Lipinski definition) is 4. The first kappa shape index (κ1) is 21.2. The third-order valence-electron chi connectivity index (χ3n) is 4.64. The van der Waals surface area contributed by atoms with Gasteiger partial charge in [-0.25, -0.2) is 0 Å². The minimum absolute atomic E-state index is 0. The van der Waals surface area contributed by atoms with Crippen molar-refractivity contribution in [3.05, 3.63) is 60.2 Å². The van der Waals surface area contributed by atoms with Gasteiger partial charge in [-0.05, 0) is 42.7 Å². The summed E-state index contributed by atoms with van der Waals surface area (Å²) in [5, 5.41) is 2.94. The van der Waals surface area contributed by atoms with Crippen LogP contribution in [-0.4, -0.2) is 24.7 Å². The molecule has 3 N–H and O–H groups in total. The molecule has 146 valence electrons. The summed E-state index contributed by atoms with van der Waals surface area (Å²) in [4.78, 5) is 12.4. The Hall–Kier alpha value is -2.08. The monoisotopic (exact) mass is 390 g/mol. The SMILES string of the molecule is Cl.NC1(C(=O)Nc2cccc(COCCOc3ccccc3)c2)CCCC1. The van der Waals surface area contributed by atoms with Gasteiger partial charge in [0.1, 0.15) is 12.4 Å². The predicted octanol–water partition coefficient (Wildman–Crippen LogP) is 3.91. The molecule has 6 heteroatoms. The van der Waals surface area contributed by atoms with Gasteiger partial charge in [-0.1, -0.05) is 43.2 Å². The topological polar surface area (TPSA) is 73.6 Å². The molecule has 0 bridgehead atoms. The maximum absolute atomic E-state index is 12.4. The number of nitrogens with one attached hydrogen (secondary N) is 1. The number of nitrogens with two attached hydrogens (primary N) is 1. The zero-order valence-electron chi connectivity index (χ0n) is 15.4. The van der Waals surface area contributed by atoms with Crippen molar-refractivity contribution in [2.45, 2.75) is 37.8 Å². The molecule has 2 aromatic rings. The van der Waals surface area contributed by atoms with Gasteiger partial charge in [0.05, 0.1) is 18.8 Å². The highest BCUT2D eigenvalue weighted by molar-refractivity contribution is 5.98. The smallest absolute Gasteiger partial charge is 0.244 e. The van der Waals surface area contributed by atoms with Crippen LogP contribution in [0.4, 0.5) is 5.69 Å². The Balaban J connectivity index is 0.00000261. The molecule has 1 saturated carbocycles. The number of benzene rings is 2. The fourth-order valence-corrected chi connectivity index (χ4v) is 3.15. The molecule has 1 amide bonds. The lowest BCUT2D eigenvalue weighted by molar-refractivity contribution is -0.121. The largest absolute Gasteiger partial charge is 0.491 e. The summed E-state index contributed by atoms with van der Waals surface area (Å²) >= 11 is 0.